The molecule has 16 heavy (non-hydrogen) atoms. The Bertz CT molecular complexity index is 274. The Kier molecular flexibility index (Phi) is 16.4. The van der Waals surface area contributed by atoms with E-state index in [2.05, 4.69) is 11.3 Å². The average molecular weight is 226 g/mol. The van der Waals surface area contributed by atoms with Crippen LogP contribution in [0.25, 0.3) is 0 Å². The molecule has 0 aliphatic carbocycles. The minimum absolute atomic E-state index is 0. The monoisotopic (exact) mass is 226 g/mol. The molecule has 0 fully saturated rings. The Hall–Kier alpha value is -1.76. The summed E-state index contributed by atoms with van der Waals surface area (Å²) in [5.41, 5.74) is 0.790. The van der Waals surface area contributed by atoms with Gasteiger partial charge in [0.15, 0.2) is 0 Å². The number of aliphatic hydroxyl groups excluding tert-OH is 1. The van der Waals surface area contributed by atoms with Crippen molar-refractivity contribution < 1.29 is 14.6 Å². The Balaban J connectivity index is -0.000000242. The van der Waals surface area contributed by atoms with Gasteiger partial charge in [0.1, 0.15) is 0 Å². The maximum atomic E-state index is 10.7. The number of nitrogens with zero attached hydrogens (tertiary/aromatic N) is 1. The number of allylic oxidation sites excluding steroid dienone is 1. The molecule has 0 aliphatic rings. The number of esters is 1. The molecule has 1 N–H and O–H groups in total. The van der Waals surface area contributed by atoms with Crippen molar-refractivity contribution in [2.75, 3.05) is 6.61 Å². The summed E-state index contributed by atoms with van der Waals surface area (Å²) in [7, 11) is 0. The fourth-order valence-electron chi connectivity index (χ4n) is 0.361. The third kappa shape index (κ3) is 14.7. The Morgan fingerprint density at radius 3 is 2.25 bits per heavy atom. The van der Waals surface area contributed by atoms with Crippen molar-refractivity contribution in [2.24, 2.45) is 0 Å². The Morgan fingerprint density at radius 1 is 1.56 bits per heavy atom. The van der Waals surface area contributed by atoms with Crippen LogP contribution < -0.4 is 0 Å². The van der Waals surface area contributed by atoms with E-state index in [-0.39, 0.29) is 13.0 Å². The summed E-state index contributed by atoms with van der Waals surface area (Å²) in [5, 5.41) is 16.1. The summed E-state index contributed by atoms with van der Waals surface area (Å²) in [5.74, 6) is -0.454. The van der Waals surface area contributed by atoms with Crippen molar-refractivity contribution in [1.82, 2.24) is 0 Å². The first kappa shape index (κ1) is 19.8. The van der Waals surface area contributed by atoms with Crippen molar-refractivity contribution in [3.8, 4) is 6.07 Å². The molecule has 0 saturated heterocycles. The first-order valence-electron chi connectivity index (χ1n) is 4.53. The van der Waals surface area contributed by atoms with Crippen LogP contribution >= 0.6 is 0 Å². The Morgan fingerprint density at radius 2 is 2.00 bits per heavy atom. The van der Waals surface area contributed by atoms with Crippen molar-refractivity contribution in [3.63, 3.8) is 0 Å². The van der Waals surface area contributed by atoms with Gasteiger partial charge in [0.2, 0.25) is 0 Å². The van der Waals surface area contributed by atoms with Crippen molar-refractivity contribution >= 4 is 5.97 Å². The molecule has 91 valence electrons. The molecule has 0 atom stereocenters. The van der Waals surface area contributed by atoms with E-state index >= 15 is 0 Å². The second-order valence-corrected chi connectivity index (χ2v) is 2.84. The summed E-state index contributed by atoms with van der Waals surface area (Å²) in [6.45, 7) is 8.79. The van der Waals surface area contributed by atoms with E-state index in [0.29, 0.717) is 12.2 Å². The van der Waals surface area contributed by atoms with Gasteiger partial charge in [-0.25, -0.2) is 4.79 Å². The SMILES string of the molecule is C=C(C)C#N.CCCOC(=O)C(C)=CO.[CH3]. The van der Waals surface area contributed by atoms with Crippen LogP contribution in [0, 0.1) is 18.8 Å². The lowest BCUT2D eigenvalue weighted by atomic mass is 10.3. The number of carbonyl (C=O) groups is 1. The molecule has 0 aromatic rings. The molecule has 1 radical (unpaired) electrons. The predicted molar refractivity (Wildman–Crippen MR) is 64.5 cm³/mol. The largest absolute Gasteiger partial charge is 0.515 e. The molecular weight excluding hydrogens is 206 g/mol. The lowest BCUT2D eigenvalue weighted by Gasteiger charge is -2.00. The molecule has 4 heteroatoms. The number of carbonyl (C=O) groups excluding carboxylic acids is 1. The van der Waals surface area contributed by atoms with Gasteiger partial charge in [-0.05, 0) is 20.3 Å². The number of rotatable bonds is 3. The first-order chi connectivity index (χ1) is 6.99. The van der Waals surface area contributed by atoms with Crippen LogP contribution in [-0.4, -0.2) is 17.7 Å². The van der Waals surface area contributed by atoms with E-state index in [1.807, 2.05) is 13.0 Å². The topological polar surface area (TPSA) is 70.3 Å². The molecule has 0 unspecified atom stereocenters. The summed E-state index contributed by atoms with van der Waals surface area (Å²) in [4.78, 5) is 10.7. The first-order valence-corrected chi connectivity index (χ1v) is 4.53. The standard InChI is InChI=1S/C7H12O3.C4H5N.CH3/c1-3-4-10-7(9)6(2)5-8;1-4(2)3-5;/h5,8H,3-4H2,1-2H3;1H2,2H3;1H3. The molecule has 0 aliphatic heterocycles. The highest BCUT2D eigenvalue weighted by atomic mass is 16.5. The highest BCUT2D eigenvalue weighted by molar-refractivity contribution is 5.87. The molecule has 0 spiro atoms. The number of hydrogen-bond acceptors (Lipinski definition) is 4. The highest BCUT2D eigenvalue weighted by Gasteiger charge is 2.03. The van der Waals surface area contributed by atoms with Gasteiger partial charge >= 0.3 is 5.97 Å². The summed E-state index contributed by atoms with van der Waals surface area (Å²) in [6.07, 6.45) is 1.54. The normalized spacial score (nSPS) is 8.75. The second kappa shape index (κ2) is 13.2. The molecule has 0 aromatic carbocycles. The van der Waals surface area contributed by atoms with Gasteiger partial charge in [0.05, 0.1) is 24.5 Å². The molecular formula is C12H20NO3. The number of hydrogen-bond donors (Lipinski definition) is 1. The predicted octanol–water partition coefficient (Wildman–Crippen LogP) is 2.94. The minimum atomic E-state index is -0.454. The van der Waals surface area contributed by atoms with Crippen molar-refractivity contribution in [2.45, 2.75) is 27.2 Å². The van der Waals surface area contributed by atoms with Gasteiger partial charge in [-0.15, -0.1) is 0 Å². The third-order valence-electron chi connectivity index (χ3n) is 1.14. The number of aliphatic hydroxyl groups is 1. The molecule has 0 rings (SSSR count). The van der Waals surface area contributed by atoms with Gasteiger partial charge in [-0.2, -0.15) is 5.26 Å². The van der Waals surface area contributed by atoms with E-state index in [4.69, 9.17) is 10.4 Å². The highest BCUT2D eigenvalue weighted by Crippen LogP contribution is 1.94. The van der Waals surface area contributed by atoms with Crippen LogP contribution in [0.1, 0.15) is 27.2 Å². The fraction of sp³-hybridized carbons (Fsp3) is 0.417. The van der Waals surface area contributed by atoms with Crippen LogP contribution in [0.2, 0.25) is 0 Å². The molecule has 0 heterocycles. The van der Waals surface area contributed by atoms with Gasteiger partial charge in [-0.1, -0.05) is 20.9 Å². The van der Waals surface area contributed by atoms with Crippen molar-refractivity contribution in [3.05, 3.63) is 31.4 Å². The van der Waals surface area contributed by atoms with Crippen molar-refractivity contribution in [1.29, 1.82) is 5.26 Å². The van der Waals surface area contributed by atoms with Crippen LogP contribution in [-0.2, 0) is 9.53 Å². The van der Waals surface area contributed by atoms with E-state index in [0.717, 1.165) is 12.7 Å². The van der Waals surface area contributed by atoms with E-state index in [1.165, 1.54) is 6.92 Å². The molecule has 0 saturated carbocycles. The quantitative estimate of drug-likeness (QED) is 0.347. The zero-order valence-corrected chi connectivity index (χ0v) is 10.4. The maximum absolute atomic E-state index is 10.7. The minimum Gasteiger partial charge on any atom is -0.515 e. The third-order valence-corrected chi connectivity index (χ3v) is 1.14. The second-order valence-electron chi connectivity index (χ2n) is 2.84. The zero-order valence-electron chi connectivity index (χ0n) is 10.4. The fourth-order valence-corrected chi connectivity index (χ4v) is 0.361. The molecule has 0 aromatic heterocycles. The number of nitriles is 1. The van der Waals surface area contributed by atoms with Gasteiger partial charge in [0, 0.05) is 5.57 Å². The van der Waals surface area contributed by atoms with Crippen LogP contribution in [0.3, 0.4) is 0 Å². The lowest BCUT2D eigenvalue weighted by Crippen LogP contribution is -2.06. The average Bonchev–Trinajstić information content (AvgIpc) is 2.25. The molecule has 0 bridgehead atoms. The summed E-state index contributed by atoms with van der Waals surface area (Å²) in [6, 6.07) is 1.83. The zero-order chi connectivity index (χ0) is 12.3. The van der Waals surface area contributed by atoms with Gasteiger partial charge in [-0.3, -0.25) is 0 Å². The van der Waals surface area contributed by atoms with E-state index in [1.54, 1.807) is 6.92 Å². The molecule has 0 amide bonds. The van der Waals surface area contributed by atoms with Crippen LogP contribution in [0.5, 0.6) is 0 Å². The summed E-state index contributed by atoms with van der Waals surface area (Å²) < 4.78 is 4.68. The molecule has 4 nitrogen and oxygen atoms in total. The van der Waals surface area contributed by atoms with Crippen LogP contribution in [0.15, 0.2) is 24.0 Å². The van der Waals surface area contributed by atoms with Crippen LogP contribution in [0.4, 0.5) is 0 Å². The maximum Gasteiger partial charge on any atom is 0.336 e. The smallest absolute Gasteiger partial charge is 0.336 e. The van der Waals surface area contributed by atoms with Gasteiger partial charge < -0.3 is 9.84 Å². The van der Waals surface area contributed by atoms with E-state index in [9.17, 15) is 4.79 Å². The lowest BCUT2D eigenvalue weighted by molar-refractivity contribution is -0.139. The van der Waals surface area contributed by atoms with E-state index < -0.39 is 5.97 Å². The van der Waals surface area contributed by atoms with Gasteiger partial charge in [0.25, 0.3) is 0 Å². The summed E-state index contributed by atoms with van der Waals surface area (Å²) >= 11 is 0. The Labute approximate surface area is 97.8 Å². The number of ether oxygens (including phenoxy) is 1.